The highest BCUT2D eigenvalue weighted by atomic mass is 16.5. The lowest BCUT2D eigenvalue weighted by Gasteiger charge is -2.38. The summed E-state index contributed by atoms with van der Waals surface area (Å²) >= 11 is 0. The predicted molar refractivity (Wildman–Crippen MR) is 57.9 cm³/mol. The smallest absolute Gasteiger partial charge is 0.335 e. The van der Waals surface area contributed by atoms with E-state index in [0.717, 1.165) is 5.56 Å². The lowest BCUT2D eigenvalue weighted by molar-refractivity contribution is -0.166. The van der Waals surface area contributed by atoms with Crippen molar-refractivity contribution >= 4 is 11.9 Å². The van der Waals surface area contributed by atoms with Crippen molar-refractivity contribution in [1.29, 1.82) is 0 Å². The summed E-state index contributed by atoms with van der Waals surface area (Å²) in [5.41, 5.74) is 0.140. The Balaban J connectivity index is 2.32. The minimum absolute atomic E-state index is 0.189. The molecule has 1 aliphatic heterocycles. The predicted octanol–water partition coefficient (Wildman–Crippen LogP) is 0.826. The molecule has 90 valence electrons. The highest BCUT2D eigenvalue weighted by Gasteiger charge is 2.48. The molecule has 0 aliphatic carbocycles. The summed E-state index contributed by atoms with van der Waals surface area (Å²) in [5, 5.41) is 8.79. The summed E-state index contributed by atoms with van der Waals surface area (Å²) in [5.74, 6) is -1.35. The Morgan fingerprint density at radius 3 is 2.24 bits per heavy atom. The van der Waals surface area contributed by atoms with Crippen LogP contribution in [0.25, 0.3) is 0 Å². The van der Waals surface area contributed by atoms with Gasteiger partial charge in [-0.25, -0.2) is 4.79 Å². The first-order chi connectivity index (χ1) is 8.10. The molecule has 1 fully saturated rings. The molecule has 0 aromatic heterocycles. The molecule has 1 aromatic rings. The summed E-state index contributed by atoms with van der Waals surface area (Å²) in [6.45, 7) is 0.540. The minimum atomic E-state index is -0.992. The van der Waals surface area contributed by atoms with Crippen LogP contribution in [0.4, 0.5) is 0 Å². The van der Waals surface area contributed by atoms with Crippen molar-refractivity contribution in [2.45, 2.75) is 5.41 Å². The Morgan fingerprint density at radius 1 is 1.29 bits per heavy atom. The van der Waals surface area contributed by atoms with E-state index >= 15 is 0 Å². The topological polar surface area (TPSA) is 72.8 Å². The fraction of sp³-hybridized carbons (Fsp3) is 0.333. The molecule has 1 heterocycles. The van der Waals surface area contributed by atoms with Crippen molar-refractivity contribution in [3.63, 3.8) is 0 Å². The molecule has 17 heavy (non-hydrogen) atoms. The third kappa shape index (κ3) is 1.78. The molecule has 1 aliphatic rings. The van der Waals surface area contributed by atoms with Gasteiger partial charge in [-0.15, -0.1) is 0 Å². The van der Waals surface area contributed by atoms with Crippen LogP contribution in [0.2, 0.25) is 0 Å². The Morgan fingerprint density at radius 2 is 1.88 bits per heavy atom. The van der Waals surface area contributed by atoms with Crippen molar-refractivity contribution < 1.29 is 24.2 Å². The average Bonchev–Trinajstić information content (AvgIpc) is 2.28. The Kier molecular flexibility index (Phi) is 2.85. The standard InChI is InChI=1S/C12H12O5/c1-16-11(15)12(6-17-7-12)9-4-2-8(3-5-9)10(13)14/h2-5H,6-7H2,1H3,(H,13,14). The third-order valence-electron chi connectivity index (χ3n) is 2.96. The number of rotatable bonds is 3. The van der Waals surface area contributed by atoms with Crippen molar-refractivity contribution in [2.75, 3.05) is 20.3 Å². The van der Waals surface area contributed by atoms with E-state index in [9.17, 15) is 9.59 Å². The Labute approximate surface area is 98.0 Å². The van der Waals surface area contributed by atoms with Gasteiger partial charge in [0.25, 0.3) is 0 Å². The van der Waals surface area contributed by atoms with Crippen LogP contribution in [-0.4, -0.2) is 37.4 Å². The van der Waals surface area contributed by atoms with Crippen molar-refractivity contribution in [3.05, 3.63) is 35.4 Å². The van der Waals surface area contributed by atoms with Crippen LogP contribution >= 0.6 is 0 Å². The van der Waals surface area contributed by atoms with Crippen molar-refractivity contribution in [3.8, 4) is 0 Å². The molecule has 0 atom stereocenters. The molecule has 5 heteroatoms. The summed E-state index contributed by atoms with van der Waals surface area (Å²) in [7, 11) is 1.33. The van der Waals surface area contributed by atoms with Crippen LogP contribution in [0, 0.1) is 0 Å². The normalized spacial score (nSPS) is 17.0. The van der Waals surface area contributed by atoms with Crippen LogP contribution in [0.15, 0.2) is 24.3 Å². The zero-order valence-corrected chi connectivity index (χ0v) is 9.30. The number of benzene rings is 1. The first kappa shape index (κ1) is 11.6. The molecule has 1 aromatic carbocycles. The molecule has 1 saturated heterocycles. The van der Waals surface area contributed by atoms with Gasteiger partial charge in [0.2, 0.25) is 0 Å². The van der Waals surface area contributed by atoms with Gasteiger partial charge in [0, 0.05) is 0 Å². The molecular weight excluding hydrogens is 224 g/mol. The van der Waals surface area contributed by atoms with E-state index in [-0.39, 0.29) is 24.7 Å². The maximum atomic E-state index is 11.7. The number of aromatic carboxylic acids is 1. The van der Waals surface area contributed by atoms with Gasteiger partial charge < -0.3 is 14.6 Å². The van der Waals surface area contributed by atoms with E-state index in [2.05, 4.69) is 0 Å². The van der Waals surface area contributed by atoms with E-state index in [0.29, 0.717) is 0 Å². The SMILES string of the molecule is COC(=O)C1(c2ccc(C(=O)O)cc2)COC1. The van der Waals surface area contributed by atoms with E-state index in [1.54, 1.807) is 12.1 Å². The number of carbonyl (C=O) groups excluding carboxylic acids is 1. The number of ether oxygens (including phenoxy) is 2. The fourth-order valence-corrected chi connectivity index (χ4v) is 1.84. The van der Waals surface area contributed by atoms with Gasteiger partial charge in [-0.1, -0.05) is 12.1 Å². The number of hydrogen-bond acceptors (Lipinski definition) is 4. The summed E-state index contributed by atoms with van der Waals surface area (Å²) in [6, 6.07) is 6.20. The van der Waals surface area contributed by atoms with Gasteiger partial charge in [0.05, 0.1) is 25.9 Å². The number of carboxylic acid groups (broad SMARTS) is 1. The lowest BCUT2D eigenvalue weighted by Crippen LogP contribution is -2.53. The van der Waals surface area contributed by atoms with Gasteiger partial charge in [-0.05, 0) is 17.7 Å². The van der Waals surface area contributed by atoms with Crippen LogP contribution in [0.3, 0.4) is 0 Å². The number of carbonyl (C=O) groups is 2. The summed E-state index contributed by atoms with van der Waals surface area (Å²) in [4.78, 5) is 22.4. The second kappa shape index (κ2) is 4.18. The zero-order valence-electron chi connectivity index (χ0n) is 9.30. The molecule has 0 unspecified atom stereocenters. The maximum Gasteiger partial charge on any atom is 0.335 e. The number of methoxy groups -OCH3 is 1. The van der Waals surface area contributed by atoms with Gasteiger partial charge in [0.15, 0.2) is 0 Å². The average molecular weight is 236 g/mol. The van der Waals surface area contributed by atoms with Crippen LogP contribution < -0.4 is 0 Å². The number of esters is 1. The number of hydrogen-bond donors (Lipinski definition) is 1. The largest absolute Gasteiger partial charge is 0.478 e. The molecule has 0 bridgehead atoms. The van der Waals surface area contributed by atoms with Crippen LogP contribution in [0.1, 0.15) is 15.9 Å². The lowest BCUT2D eigenvalue weighted by atomic mass is 9.78. The van der Waals surface area contributed by atoms with E-state index in [1.807, 2.05) is 0 Å². The Bertz CT molecular complexity index is 444. The fourth-order valence-electron chi connectivity index (χ4n) is 1.84. The molecule has 5 nitrogen and oxygen atoms in total. The quantitative estimate of drug-likeness (QED) is 0.787. The molecule has 0 saturated carbocycles. The van der Waals surface area contributed by atoms with E-state index < -0.39 is 11.4 Å². The highest BCUT2D eigenvalue weighted by molar-refractivity contribution is 5.88. The van der Waals surface area contributed by atoms with Gasteiger partial charge in [-0.2, -0.15) is 0 Å². The summed E-state index contributed by atoms with van der Waals surface area (Å²) < 4.78 is 9.83. The minimum Gasteiger partial charge on any atom is -0.478 e. The third-order valence-corrected chi connectivity index (χ3v) is 2.96. The second-order valence-corrected chi connectivity index (χ2v) is 3.95. The Hall–Kier alpha value is -1.88. The van der Waals surface area contributed by atoms with Crippen LogP contribution in [-0.2, 0) is 19.7 Å². The molecular formula is C12H12O5. The number of carboxylic acids is 1. The van der Waals surface area contributed by atoms with Crippen molar-refractivity contribution in [1.82, 2.24) is 0 Å². The first-order valence-electron chi connectivity index (χ1n) is 5.10. The first-order valence-corrected chi connectivity index (χ1v) is 5.10. The summed E-state index contributed by atoms with van der Waals surface area (Å²) in [6.07, 6.45) is 0. The van der Waals surface area contributed by atoms with Gasteiger partial charge in [-0.3, -0.25) is 4.79 Å². The van der Waals surface area contributed by atoms with E-state index in [1.165, 1.54) is 19.2 Å². The molecule has 1 N–H and O–H groups in total. The second-order valence-electron chi connectivity index (χ2n) is 3.95. The molecule has 0 spiro atoms. The van der Waals surface area contributed by atoms with Gasteiger partial charge in [0.1, 0.15) is 5.41 Å². The molecule has 0 radical (unpaired) electrons. The monoisotopic (exact) mass is 236 g/mol. The van der Waals surface area contributed by atoms with Crippen LogP contribution in [0.5, 0.6) is 0 Å². The zero-order chi connectivity index (χ0) is 12.5. The molecule has 0 amide bonds. The van der Waals surface area contributed by atoms with Gasteiger partial charge >= 0.3 is 11.9 Å². The molecule has 2 rings (SSSR count). The highest BCUT2D eigenvalue weighted by Crippen LogP contribution is 2.33. The van der Waals surface area contributed by atoms with E-state index in [4.69, 9.17) is 14.6 Å². The maximum absolute atomic E-state index is 11.7. The van der Waals surface area contributed by atoms with Crippen molar-refractivity contribution in [2.24, 2.45) is 0 Å².